The van der Waals surface area contributed by atoms with Gasteiger partial charge >= 0.3 is 0 Å². The number of rotatable bonds is 5. The molecule has 3 fully saturated rings. The molecule has 0 aliphatic carbocycles. The number of piperidine rings is 1. The van der Waals surface area contributed by atoms with Gasteiger partial charge in [0, 0.05) is 61.6 Å². The fraction of sp³-hybridized carbons (Fsp3) is 0.417. The Morgan fingerprint density at radius 1 is 1.06 bits per heavy atom. The summed E-state index contributed by atoms with van der Waals surface area (Å²) in [5.41, 5.74) is 2.52. The Bertz CT molecular complexity index is 1150. The molecule has 3 aliphatic heterocycles. The van der Waals surface area contributed by atoms with Crippen molar-refractivity contribution in [2.75, 3.05) is 37.7 Å². The summed E-state index contributed by atoms with van der Waals surface area (Å²) >= 11 is 6.20. The Morgan fingerprint density at radius 3 is 2.68 bits per heavy atom. The maximum absolute atomic E-state index is 13.6. The van der Waals surface area contributed by atoms with Crippen molar-refractivity contribution in [2.24, 2.45) is 0 Å². The average molecular weight is 439 g/mol. The molecular weight excluding hydrogens is 412 g/mol. The van der Waals surface area contributed by atoms with Gasteiger partial charge in [-0.1, -0.05) is 23.7 Å². The van der Waals surface area contributed by atoms with Crippen LogP contribution in [0.25, 0.3) is 22.3 Å². The van der Waals surface area contributed by atoms with Crippen LogP contribution in [-0.2, 0) is 6.54 Å². The number of halogens is 1. The highest BCUT2D eigenvalue weighted by Crippen LogP contribution is 2.29. The summed E-state index contributed by atoms with van der Waals surface area (Å²) in [6.45, 7) is 4.81. The van der Waals surface area contributed by atoms with E-state index in [1.54, 1.807) is 10.6 Å². The molecular formula is C24H27ClN4O2. The van der Waals surface area contributed by atoms with Gasteiger partial charge in [-0.3, -0.25) is 9.36 Å². The van der Waals surface area contributed by atoms with Crippen LogP contribution in [0.1, 0.15) is 19.3 Å². The number of benzene rings is 2. The lowest BCUT2D eigenvalue weighted by atomic mass is 10.0. The fourth-order valence-corrected chi connectivity index (χ4v) is 5.09. The molecule has 1 aromatic heterocycles. The van der Waals surface area contributed by atoms with Crippen LogP contribution in [0.5, 0.6) is 0 Å². The molecule has 6 rings (SSSR count). The Morgan fingerprint density at radius 2 is 1.90 bits per heavy atom. The van der Waals surface area contributed by atoms with E-state index in [9.17, 15) is 9.90 Å². The third kappa shape index (κ3) is 3.95. The minimum Gasteiger partial charge on any atom is -0.396 e. The molecule has 7 heteroatoms. The third-order valence-corrected chi connectivity index (χ3v) is 6.78. The molecule has 0 amide bonds. The van der Waals surface area contributed by atoms with Crippen molar-refractivity contribution in [1.82, 2.24) is 14.5 Å². The molecule has 3 saturated heterocycles. The van der Waals surface area contributed by atoms with Gasteiger partial charge in [0.25, 0.3) is 5.56 Å². The molecule has 6 nitrogen and oxygen atoms in total. The number of aliphatic hydroxyl groups is 1. The minimum atomic E-state index is -0.0712. The number of hydrogen-bond acceptors (Lipinski definition) is 5. The van der Waals surface area contributed by atoms with Crippen LogP contribution in [0.2, 0.25) is 5.02 Å². The number of hydrogen-bond donors (Lipinski definition) is 1. The van der Waals surface area contributed by atoms with Gasteiger partial charge in [0.15, 0.2) is 0 Å². The van der Waals surface area contributed by atoms with E-state index in [1.165, 1.54) is 12.8 Å². The summed E-state index contributed by atoms with van der Waals surface area (Å²) in [5, 5.41) is 10.6. The highest BCUT2D eigenvalue weighted by Gasteiger charge is 2.29. The maximum Gasteiger partial charge on any atom is 0.261 e. The van der Waals surface area contributed by atoms with Crippen molar-refractivity contribution in [1.29, 1.82) is 0 Å². The van der Waals surface area contributed by atoms with Gasteiger partial charge in [0.1, 0.15) is 5.82 Å². The van der Waals surface area contributed by atoms with Crippen LogP contribution in [0.4, 0.5) is 5.69 Å². The lowest BCUT2D eigenvalue weighted by molar-refractivity contribution is 0.250. The van der Waals surface area contributed by atoms with Gasteiger partial charge in [-0.05, 0) is 49.6 Å². The van der Waals surface area contributed by atoms with Crippen molar-refractivity contribution >= 4 is 28.2 Å². The van der Waals surface area contributed by atoms with E-state index < -0.39 is 0 Å². The third-order valence-electron chi connectivity index (χ3n) is 6.55. The van der Waals surface area contributed by atoms with E-state index in [4.69, 9.17) is 16.6 Å². The molecule has 0 unspecified atom stereocenters. The van der Waals surface area contributed by atoms with Crippen LogP contribution < -0.4 is 10.5 Å². The van der Waals surface area contributed by atoms with Crippen LogP contribution in [0.3, 0.4) is 0 Å². The lowest BCUT2D eigenvalue weighted by Crippen LogP contribution is -2.38. The smallest absolute Gasteiger partial charge is 0.261 e. The first-order valence-electron chi connectivity index (χ1n) is 11.0. The number of anilines is 1. The Kier molecular flexibility index (Phi) is 5.69. The molecule has 0 radical (unpaired) electrons. The molecule has 3 aliphatic rings. The van der Waals surface area contributed by atoms with Gasteiger partial charge in [-0.25, -0.2) is 4.98 Å². The standard InChI is InChI=1S/C24H27ClN4O2/c25-18-4-1-3-17(15-18)23-26-22-6-5-20(16-21(22)24(31)29(23)9-2-14-30)28-13-12-27-10-7-19(28)8-11-27/h1,3-6,15-16,19,30H,2,7-14H2. The maximum atomic E-state index is 13.6. The summed E-state index contributed by atoms with van der Waals surface area (Å²) < 4.78 is 1.67. The predicted octanol–water partition coefficient (Wildman–Crippen LogP) is 3.38. The van der Waals surface area contributed by atoms with Crippen molar-refractivity contribution in [3.8, 4) is 11.4 Å². The van der Waals surface area contributed by atoms with Crippen molar-refractivity contribution < 1.29 is 5.11 Å². The molecule has 3 aromatic rings. The molecule has 162 valence electrons. The molecule has 2 bridgehead atoms. The highest BCUT2D eigenvalue weighted by molar-refractivity contribution is 6.30. The van der Waals surface area contributed by atoms with Crippen molar-refractivity contribution in [3.63, 3.8) is 0 Å². The summed E-state index contributed by atoms with van der Waals surface area (Å²) in [6, 6.07) is 14.0. The second-order valence-corrected chi connectivity index (χ2v) is 8.88. The molecule has 4 heterocycles. The zero-order valence-electron chi connectivity index (χ0n) is 17.5. The lowest BCUT2D eigenvalue weighted by Gasteiger charge is -2.33. The first-order valence-corrected chi connectivity index (χ1v) is 11.4. The van der Waals surface area contributed by atoms with E-state index >= 15 is 0 Å². The molecule has 2 aromatic carbocycles. The minimum absolute atomic E-state index is 0.0193. The van der Waals surface area contributed by atoms with Gasteiger partial charge < -0.3 is 14.9 Å². The molecule has 1 N–H and O–H groups in total. The average Bonchev–Trinajstić information content (AvgIpc) is 3.12. The fourth-order valence-electron chi connectivity index (χ4n) is 4.90. The number of aromatic nitrogens is 2. The zero-order chi connectivity index (χ0) is 21.4. The molecule has 0 saturated carbocycles. The predicted molar refractivity (Wildman–Crippen MR) is 125 cm³/mol. The topological polar surface area (TPSA) is 61.6 Å². The van der Waals surface area contributed by atoms with Crippen molar-refractivity contribution in [3.05, 3.63) is 57.8 Å². The largest absolute Gasteiger partial charge is 0.396 e. The molecule has 0 atom stereocenters. The summed E-state index contributed by atoms with van der Waals surface area (Å²) in [6.07, 6.45) is 2.83. The first-order chi connectivity index (χ1) is 15.1. The van der Waals surface area contributed by atoms with E-state index in [2.05, 4.69) is 15.9 Å². The molecule has 31 heavy (non-hydrogen) atoms. The second kappa shape index (κ2) is 8.61. The number of fused-ring (bicyclic) bond motifs is 5. The van der Waals surface area contributed by atoms with Crippen LogP contribution in [-0.4, -0.2) is 58.4 Å². The quantitative estimate of drug-likeness (QED) is 0.661. The van der Waals surface area contributed by atoms with Gasteiger partial charge in [0.2, 0.25) is 0 Å². The monoisotopic (exact) mass is 438 g/mol. The summed E-state index contributed by atoms with van der Waals surface area (Å²) in [4.78, 5) is 23.4. The van der Waals surface area contributed by atoms with E-state index in [0.29, 0.717) is 40.8 Å². The number of nitrogens with zero attached hydrogens (tertiary/aromatic N) is 4. The highest BCUT2D eigenvalue weighted by atomic mass is 35.5. The molecule has 0 spiro atoms. The van der Waals surface area contributed by atoms with Crippen molar-refractivity contribution in [2.45, 2.75) is 31.8 Å². The Labute approximate surface area is 186 Å². The zero-order valence-corrected chi connectivity index (χ0v) is 18.3. The summed E-state index contributed by atoms with van der Waals surface area (Å²) in [5.74, 6) is 0.586. The van der Waals surface area contributed by atoms with Gasteiger partial charge in [-0.15, -0.1) is 0 Å². The SMILES string of the molecule is O=c1c2cc(N3CCN4CCC3CC4)ccc2nc(-c2cccc(Cl)c2)n1CCCO. The second-order valence-electron chi connectivity index (χ2n) is 8.45. The van der Waals surface area contributed by atoms with Crippen LogP contribution in [0.15, 0.2) is 47.3 Å². The van der Waals surface area contributed by atoms with E-state index in [0.717, 1.165) is 37.4 Å². The Balaban J connectivity index is 1.62. The normalized spacial score (nSPS) is 20.9. The number of aliphatic hydroxyl groups excluding tert-OH is 1. The van der Waals surface area contributed by atoms with Gasteiger partial charge in [0.05, 0.1) is 10.9 Å². The van der Waals surface area contributed by atoms with E-state index in [1.807, 2.05) is 30.3 Å². The van der Waals surface area contributed by atoms with Crippen LogP contribution >= 0.6 is 11.6 Å². The summed E-state index contributed by atoms with van der Waals surface area (Å²) in [7, 11) is 0. The first kappa shape index (κ1) is 20.5. The Hall–Kier alpha value is -2.41. The van der Waals surface area contributed by atoms with Crippen LogP contribution in [0, 0.1) is 0 Å². The van der Waals surface area contributed by atoms with Gasteiger partial charge in [-0.2, -0.15) is 0 Å². The van der Waals surface area contributed by atoms with E-state index in [-0.39, 0.29) is 12.2 Å².